The highest BCUT2D eigenvalue weighted by molar-refractivity contribution is 9.10. The zero-order valence-electron chi connectivity index (χ0n) is 7.74. The van der Waals surface area contributed by atoms with E-state index < -0.39 is 6.03 Å². The van der Waals surface area contributed by atoms with Crippen molar-refractivity contribution in [1.82, 2.24) is 10.3 Å². The number of nitrogens with zero attached hydrogens (tertiary/aromatic N) is 2. The van der Waals surface area contributed by atoms with Crippen LogP contribution in [0.4, 0.5) is 10.5 Å². The number of amides is 3. The van der Waals surface area contributed by atoms with Crippen LogP contribution in [-0.4, -0.2) is 23.5 Å². The highest BCUT2D eigenvalue weighted by atomic mass is 79.9. The molecule has 2 heterocycles. The Morgan fingerprint density at radius 2 is 2.20 bits per heavy atom. The van der Waals surface area contributed by atoms with E-state index in [4.69, 9.17) is 0 Å². The van der Waals surface area contributed by atoms with Gasteiger partial charge in [-0.1, -0.05) is 0 Å². The number of carbonyl (C=O) groups excluding carboxylic acids is 2. The fourth-order valence-electron chi connectivity index (χ4n) is 1.34. The van der Waals surface area contributed by atoms with E-state index in [0.717, 1.165) is 0 Å². The Labute approximate surface area is 94.6 Å². The van der Waals surface area contributed by atoms with Crippen molar-refractivity contribution < 1.29 is 9.59 Å². The molecular formula is C9H8BrN3O2. The third-order valence-corrected chi connectivity index (χ3v) is 2.55. The Bertz CT molecular complexity index is 404. The average molecular weight is 270 g/mol. The van der Waals surface area contributed by atoms with Crippen LogP contribution in [0, 0.1) is 0 Å². The summed E-state index contributed by atoms with van der Waals surface area (Å²) in [5.41, 5.74) is 0.684. The van der Waals surface area contributed by atoms with Crippen LogP contribution in [0.15, 0.2) is 22.9 Å². The van der Waals surface area contributed by atoms with Crippen LogP contribution in [0.5, 0.6) is 0 Å². The fraction of sp³-hybridized carbons (Fsp3) is 0.222. The summed E-state index contributed by atoms with van der Waals surface area (Å²) in [5, 5.41) is 2.25. The van der Waals surface area contributed by atoms with Crippen molar-refractivity contribution in [1.29, 1.82) is 0 Å². The number of halogens is 1. The molecule has 0 radical (unpaired) electrons. The van der Waals surface area contributed by atoms with Crippen LogP contribution in [0.3, 0.4) is 0 Å². The molecule has 5 nitrogen and oxygen atoms in total. The molecule has 1 aliphatic rings. The molecule has 0 spiro atoms. The first-order valence-electron chi connectivity index (χ1n) is 4.40. The van der Waals surface area contributed by atoms with Gasteiger partial charge in [-0.05, 0) is 28.1 Å². The maximum atomic E-state index is 11.4. The van der Waals surface area contributed by atoms with Gasteiger partial charge in [-0.3, -0.25) is 15.0 Å². The number of pyridine rings is 1. The van der Waals surface area contributed by atoms with E-state index in [-0.39, 0.29) is 5.91 Å². The predicted octanol–water partition coefficient (Wildman–Crippen LogP) is 1.29. The van der Waals surface area contributed by atoms with Gasteiger partial charge in [0.25, 0.3) is 0 Å². The lowest BCUT2D eigenvalue weighted by atomic mass is 10.3. The van der Waals surface area contributed by atoms with E-state index >= 15 is 0 Å². The number of carbonyl (C=O) groups is 2. The molecule has 1 aromatic heterocycles. The lowest BCUT2D eigenvalue weighted by Crippen LogP contribution is -2.49. The van der Waals surface area contributed by atoms with Gasteiger partial charge in [0, 0.05) is 13.0 Å². The molecule has 0 aliphatic carbocycles. The minimum absolute atomic E-state index is 0.235. The summed E-state index contributed by atoms with van der Waals surface area (Å²) in [5.74, 6) is -0.235. The van der Waals surface area contributed by atoms with E-state index in [1.807, 2.05) is 0 Å². The Morgan fingerprint density at radius 3 is 2.80 bits per heavy atom. The van der Waals surface area contributed by atoms with Gasteiger partial charge in [-0.2, -0.15) is 0 Å². The van der Waals surface area contributed by atoms with Gasteiger partial charge >= 0.3 is 6.03 Å². The van der Waals surface area contributed by atoms with E-state index in [1.165, 1.54) is 4.90 Å². The highest BCUT2D eigenvalue weighted by Crippen LogP contribution is 2.17. The molecule has 0 aromatic carbocycles. The molecular weight excluding hydrogens is 262 g/mol. The third kappa shape index (κ3) is 2.15. The Kier molecular flexibility index (Phi) is 2.68. The van der Waals surface area contributed by atoms with Crippen LogP contribution in [0.25, 0.3) is 0 Å². The fourth-order valence-corrected chi connectivity index (χ4v) is 1.57. The molecule has 78 valence electrons. The summed E-state index contributed by atoms with van der Waals surface area (Å²) in [6.45, 7) is 0.397. The second-order valence-corrected chi connectivity index (χ2v) is 3.91. The Hall–Kier alpha value is -1.43. The highest BCUT2D eigenvalue weighted by Gasteiger charge is 2.24. The largest absolute Gasteiger partial charge is 0.328 e. The standard InChI is InChI=1S/C9H8BrN3O2/c10-7-2-1-6(5-11-7)13-4-3-8(14)12-9(13)15/h1-2,5H,3-4H2,(H,12,14,15). The van der Waals surface area contributed by atoms with Gasteiger partial charge in [0.15, 0.2) is 0 Å². The molecule has 3 amide bonds. The number of hydrogen-bond acceptors (Lipinski definition) is 3. The third-order valence-electron chi connectivity index (χ3n) is 2.08. The monoisotopic (exact) mass is 269 g/mol. The van der Waals surface area contributed by atoms with Crippen LogP contribution < -0.4 is 10.2 Å². The molecule has 2 rings (SSSR count). The van der Waals surface area contributed by atoms with Gasteiger partial charge in [-0.15, -0.1) is 0 Å². The first kappa shape index (κ1) is 10.1. The summed E-state index contributed by atoms with van der Waals surface area (Å²) in [7, 11) is 0. The van der Waals surface area contributed by atoms with Gasteiger partial charge in [0.05, 0.1) is 11.9 Å². The molecule has 0 saturated carbocycles. The molecule has 6 heteroatoms. The first-order valence-corrected chi connectivity index (χ1v) is 5.19. The average Bonchev–Trinajstić information content (AvgIpc) is 2.20. The van der Waals surface area contributed by atoms with Crippen LogP contribution in [0.2, 0.25) is 0 Å². The summed E-state index contributed by atoms with van der Waals surface area (Å²) >= 11 is 3.21. The minimum atomic E-state index is -0.393. The summed E-state index contributed by atoms with van der Waals surface area (Å²) in [4.78, 5) is 27.9. The number of rotatable bonds is 1. The minimum Gasteiger partial charge on any atom is -0.292 e. The van der Waals surface area contributed by atoms with Crippen LogP contribution >= 0.6 is 15.9 Å². The van der Waals surface area contributed by atoms with Crippen molar-refractivity contribution in [2.75, 3.05) is 11.4 Å². The van der Waals surface area contributed by atoms with Crippen molar-refractivity contribution in [2.45, 2.75) is 6.42 Å². The normalized spacial score (nSPS) is 16.5. The van der Waals surface area contributed by atoms with Gasteiger partial charge in [0.2, 0.25) is 5.91 Å². The van der Waals surface area contributed by atoms with Gasteiger partial charge in [0.1, 0.15) is 4.60 Å². The molecule has 0 bridgehead atoms. The van der Waals surface area contributed by atoms with Crippen molar-refractivity contribution in [2.24, 2.45) is 0 Å². The van der Waals surface area contributed by atoms with E-state index in [9.17, 15) is 9.59 Å². The van der Waals surface area contributed by atoms with Crippen LogP contribution in [0.1, 0.15) is 6.42 Å². The second kappa shape index (κ2) is 3.98. The molecule has 1 saturated heterocycles. The summed E-state index contributed by atoms with van der Waals surface area (Å²) < 4.78 is 0.708. The lowest BCUT2D eigenvalue weighted by Gasteiger charge is -2.26. The number of urea groups is 1. The van der Waals surface area contributed by atoms with Gasteiger partial charge in [-0.25, -0.2) is 9.78 Å². The molecule has 15 heavy (non-hydrogen) atoms. The molecule has 0 atom stereocenters. The van der Waals surface area contributed by atoms with Crippen molar-refractivity contribution >= 4 is 33.6 Å². The SMILES string of the molecule is O=C1CCN(c2ccc(Br)nc2)C(=O)N1. The quantitative estimate of drug-likeness (QED) is 0.782. The van der Waals surface area contributed by atoms with E-state index in [0.29, 0.717) is 23.3 Å². The maximum Gasteiger partial charge on any atom is 0.328 e. The van der Waals surface area contributed by atoms with Crippen LogP contribution in [-0.2, 0) is 4.79 Å². The molecule has 1 fully saturated rings. The number of imide groups is 1. The van der Waals surface area contributed by atoms with Crippen molar-refractivity contribution in [3.8, 4) is 0 Å². The Morgan fingerprint density at radius 1 is 1.40 bits per heavy atom. The second-order valence-electron chi connectivity index (χ2n) is 3.09. The topological polar surface area (TPSA) is 62.3 Å². The zero-order valence-corrected chi connectivity index (χ0v) is 9.32. The van der Waals surface area contributed by atoms with Gasteiger partial charge < -0.3 is 0 Å². The first-order chi connectivity index (χ1) is 7.16. The lowest BCUT2D eigenvalue weighted by molar-refractivity contribution is -0.120. The number of nitrogens with one attached hydrogen (secondary N) is 1. The predicted molar refractivity (Wildman–Crippen MR) is 57.4 cm³/mol. The smallest absolute Gasteiger partial charge is 0.292 e. The van der Waals surface area contributed by atoms with Crippen molar-refractivity contribution in [3.05, 3.63) is 22.9 Å². The molecule has 1 aliphatic heterocycles. The number of hydrogen-bond donors (Lipinski definition) is 1. The maximum absolute atomic E-state index is 11.4. The zero-order chi connectivity index (χ0) is 10.8. The molecule has 1 aromatic rings. The van der Waals surface area contributed by atoms with E-state index in [2.05, 4.69) is 26.2 Å². The summed E-state index contributed by atoms with van der Waals surface area (Å²) in [6.07, 6.45) is 1.90. The molecule has 0 unspecified atom stereocenters. The van der Waals surface area contributed by atoms with E-state index in [1.54, 1.807) is 18.3 Å². The number of aromatic nitrogens is 1. The Balaban J connectivity index is 2.20. The number of anilines is 1. The summed E-state index contributed by atoms with van der Waals surface area (Å²) in [6, 6.07) is 3.13. The molecule has 1 N–H and O–H groups in total. The van der Waals surface area contributed by atoms with Crippen molar-refractivity contribution in [3.63, 3.8) is 0 Å².